The number of nitrogens with two attached hydrogens (primary N) is 1. The van der Waals surface area contributed by atoms with Crippen molar-refractivity contribution >= 4 is 0 Å². The second kappa shape index (κ2) is 4.66. The van der Waals surface area contributed by atoms with Crippen molar-refractivity contribution < 1.29 is 4.74 Å². The van der Waals surface area contributed by atoms with E-state index >= 15 is 0 Å². The summed E-state index contributed by atoms with van der Waals surface area (Å²) in [5.74, 6) is 0.775. The fourth-order valence-electron chi connectivity index (χ4n) is 2.85. The van der Waals surface area contributed by atoms with E-state index in [0.717, 1.165) is 12.3 Å². The molecular weight excluding hydrogens is 198 g/mol. The molecule has 16 heavy (non-hydrogen) atoms. The van der Waals surface area contributed by atoms with Gasteiger partial charge in [-0.2, -0.15) is 0 Å². The molecular formula is C14H27NO. The minimum absolute atomic E-state index is 0.277. The molecule has 94 valence electrons. The maximum atomic E-state index is 6.19. The van der Waals surface area contributed by atoms with Crippen LogP contribution in [-0.2, 0) is 4.74 Å². The van der Waals surface area contributed by atoms with Crippen LogP contribution >= 0.6 is 0 Å². The van der Waals surface area contributed by atoms with E-state index in [1.165, 1.54) is 32.1 Å². The Hall–Kier alpha value is -0.0800. The van der Waals surface area contributed by atoms with Crippen LogP contribution in [0, 0.1) is 11.3 Å². The summed E-state index contributed by atoms with van der Waals surface area (Å²) in [7, 11) is 0. The van der Waals surface area contributed by atoms with E-state index < -0.39 is 0 Å². The smallest absolute Gasteiger partial charge is 0.0732 e. The number of hydrogen-bond acceptors (Lipinski definition) is 2. The molecule has 0 heterocycles. The minimum Gasteiger partial charge on any atom is -0.373 e. The van der Waals surface area contributed by atoms with Crippen molar-refractivity contribution in [2.75, 3.05) is 0 Å². The third-order valence-electron chi connectivity index (χ3n) is 4.49. The minimum atomic E-state index is 0.277. The van der Waals surface area contributed by atoms with Crippen LogP contribution in [0.3, 0.4) is 0 Å². The molecule has 0 aliphatic heterocycles. The van der Waals surface area contributed by atoms with Gasteiger partial charge in [0.25, 0.3) is 0 Å². The molecule has 3 atom stereocenters. The maximum absolute atomic E-state index is 6.19. The van der Waals surface area contributed by atoms with Gasteiger partial charge in [0.2, 0.25) is 0 Å². The van der Waals surface area contributed by atoms with Gasteiger partial charge in [0, 0.05) is 6.04 Å². The normalized spacial score (nSPS) is 37.1. The van der Waals surface area contributed by atoms with Gasteiger partial charge in [-0.15, -0.1) is 0 Å². The van der Waals surface area contributed by atoms with Crippen LogP contribution in [0.2, 0.25) is 0 Å². The molecule has 3 unspecified atom stereocenters. The highest BCUT2D eigenvalue weighted by atomic mass is 16.5. The van der Waals surface area contributed by atoms with Crippen molar-refractivity contribution in [1.29, 1.82) is 0 Å². The van der Waals surface area contributed by atoms with Gasteiger partial charge >= 0.3 is 0 Å². The van der Waals surface area contributed by atoms with Crippen molar-refractivity contribution in [3.63, 3.8) is 0 Å². The molecule has 0 spiro atoms. The molecule has 2 aliphatic carbocycles. The summed E-state index contributed by atoms with van der Waals surface area (Å²) in [6.45, 7) is 7.03. The molecule has 2 N–H and O–H groups in total. The average Bonchev–Trinajstić information content (AvgIpc) is 2.11. The lowest BCUT2D eigenvalue weighted by Gasteiger charge is -2.42. The Bertz CT molecular complexity index is 229. The Labute approximate surface area is 99.9 Å². The fraction of sp³-hybridized carbons (Fsp3) is 1.00. The first-order chi connectivity index (χ1) is 7.47. The van der Waals surface area contributed by atoms with E-state index in [9.17, 15) is 0 Å². The van der Waals surface area contributed by atoms with Crippen molar-refractivity contribution in [3.8, 4) is 0 Å². The third kappa shape index (κ3) is 2.78. The Balaban J connectivity index is 1.89. The summed E-state index contributed by atoms with van der Waals surface area (Å²) in [6.07, 6.45) is 8.27. The van der Waals surface area contributed by atoms with E-state index in [1.807, 2.05) is 0 Å². The summed E-state index contributed by atoms with van der Waals surface area (Å²) in [4.78, 5) is 0. The van der Waals surface area contributed by atoms with E-state index in [2.05, 4.69) is 20.8 Å². The van der Waals surface area contributed by atoms with Gasteiger partial charge in [-0.25, -0.2) is 0 Å². The first-order valence-corrected chi connectivity index (χ1v) is 6.88. The van der Waals surface area contributed by atoms with Crippen molar-refractivity contribution in [1.82, 2.24) is 0 Å². The molecule has 2 aliphatic rings. The predicted molar refractivity (Wildman–Crippen MR) is 67.3 cm³/mol. The maximum Gasteiger partial charge on any atom is 0.0732 e. The highest BCUT2D eigenvalue weighted by molar-refractivity contribution is 4.89. The van der Waals surface area contributed by atoms with Gasteiger partial charge in [-0.3, -0.25) is 0 Å². The quantitative estimate of drug-likeness (QED) is 0.783. The summed E-state index contributed by atoms with van der Waals surface area (Å²) in [5, 5.41) is 0. The molecule has 2 fully saturated rings. The van der Waals surface area contributed by atoms with E-state index in [1.54, 1.807) is 0 Å². The van der Waals surface area contributed by atoms with Crippen LogP contribution in [0.5, 0.6) is 0 Å². The monoisotopic (exact) mass is 225 g/mol. The Morgan fingerprint density at radius 2 is 1.75 bits per heavy atom. The molecule has 0 aromatic carbocycles. The topological polar surface area (TPSA) is 35.2 Å². The fourth-order valence-corrected chi connectivity index (χ4v) is 2.85. The summed E-state index contributed by atoms with van der Waals surface area (Å²) >= 11 is 0. The van der Waals surface area contributed by atoms with E-state index in [-0.39, 0.29) is 6.04 Å². The summed E-state index contributed by atoms with van der Waals surface area (Å²) in [6, 6.07) is 0.277. The van der Waals surface area contributed by atoms with Gasteiger partial charge in [0.1, 0.15) is 0 Å². The predicted octanol–water partition coefficient (Wildman–Crippen LogP) is 3.10. The molecule has 2 heteroatoms. The molecule has 2 saturated carbocycles. The second-order valence-corrected chi connectivity index (χ2v) is 6.77. The first kappa shape index (κ1) is 12.4. The van der Waals surface area contributed by atoms with Crippen molar-refractivity contribution in [2.45, 2.75) is 77.5 Å². The lowest BCUT2D eigenvalue weighted by Crippen LogP contribution is -2.46. The van der Waals surface area contributed by atoms with Crippen LogP contribution < -0.4 is 5.73 Å². The van der Waals surface area contributed by atoms with Gasteiger partial charge < -0.3 is 10.5 Å². The summed E-state index contributed by atoms with van der Waals surface area (Å²) in [5.41, 5.74) is 6.59. The van der Waals surface area contributed by atoms with Gasteiger partial charge in [0.05, 0.1) is 12.2 Å². The van der Waals surface area contributed by atoms with Gasteiger partial charge in [-0.05, 0) is 49.9 Å². The second-order valence-electron chi connectivity index (χ2n) is 6.77. The number of ether oxygens (including phenoxy) is 1. The van der Waals surface area contributed by atoms with Gasteiger partial charge in [0.15, 0.2) is 0 Å². The molecule has 0 radical (unpaired) electrons. The van der Waals surface area contributed by atoms with Crippen LogP contribution in [0.4, 0.5) is 0 Å². The Morgan fingerprint density at radius 1 is 1.06 bits per heavy atom. The highest BCUT2D eigenvalue weighted by Crippen LogP contribution is 2.39. The zero-order chi connectivity index (χ0) is 11.8. The Morgan fingerprint density at radius 3 is 2.25 bits per heavy atom. The standard InChI is InChI=1S/C14H27NO/c1-14(2,3)10-7-8-12(15)13(9-10)16-11-5-4-6-11/h10-13H,4-9,15H2,1-3H3. The SMILES string of the molecule is CC(C)(C)C1CCC(N)C(OC2CCC2)C1. The van der Waals surface area contributed by atoms with E-state index in [0.29, 0.717) is 17.6 Å². The van der Waals surface area contributed by atoms with Crippen LogP contribution in [0.15, 0.2) is 0 Å². The number of rotatable bonds is 2. The Kier molecular flexibility index (Phi) is 3.60. The highest BCUT2D eigenvalue weighted by Gasteiger charge is 2.36. The molecule has 0 bridgehead atoms. The van der Waals surface area contributed by atoms with Crippen molar-refractivity contribution in [3.05, 3.63) is 0 Å². The molecule has 0 amide bonds. The lowest BCUT2D eigenvalue weighted by molar-refractivity contribution is -0.0892. The van der Waals surface area contributed by atoms with Crippen LogP contribution in [-0.4, -0.2) is 18.2 Å². The molecule has 0 aromatic heterocycles. The summed E-state index contributed by atoms with van der Waals surface area (Å²) < 4.78 is 6.14. The lowest BCUT2D eigenvalue weighted by atomic mass is 9.70. The molecule has 2 rings (SSSR count). The average molecular weight is 225 g/mol. The number of hydrogen-bond donors (Lipinski definition) is 1. The van der Waals surface area contributed by atoms with Gasteiger partial charge in [-0.1, -0.05) is 20.8 Å². The molecule has 0 aromatic rings. The zero-order valence-electron chi connectivity index (χ0n) is 11.0. The van der Waals surface area contributed by atoms with Crippen LogP contribution in [0.1, 0.15) is 59.3 Å². The largest absolute Gasteiger partial charge is 0.373 e. The third-order valence-corrected chi connectivity index (χ3v) is 4.49. The molecule has 0 saturated heterocycles. The van der Waals surface area contributed by atoms with Crippen molar-refractivity contribution in [2.24, 2.45) is 17.1 Å². The van der Waals surface area contributed by atoms with Crippen LogP contribution in [0.25, 0.3) is 0 Å². The molecule has 2 nitrogen and oxygen atoms in total. The first-order valence-electron chi connectivity index (χ1n) is 6.88. The zero-order valence-corrected chi connectivity index (χ0v) is 11.0. The van der Waals surface area contributed by atoms with E-state index in [4.69, 9.17) is 10.5 Å².